The lowest BCUT2D eigenvalue weighted by molar-refractivity contribution is 0.0857. The highest BCUT2D eigenvalue weighted by atomic mass is 79.9. The van der Waals surface area contributed by atoms with Gasteiger partial charge in [-0.2, -0.15) is 0 Å². The van der Waals surface area contributed by atoms with Gasteiger partial charge < -0.3 is 10.1 Å². The van der Waals surface area contributed by atoms with E-state index in [1.54, 1.807) is 13.0 Å². The van der Waals surface area contributed by atoms with Gasteiger partial charge >= 0.3 is 0 Å². The minimum atomic E-state index is -3.91. The van der Waals surface area contributed by atoms with Crippen LogP contribution in [0.1, 0.15) is 28.8 Å². The Balaban J connectivity index is 2.22. The predicted molar refractivity (Wildman–Crippen MR) is 83.2 cm³/mol. The van der Waals surface area contributed by atoms with Gasteiger partial charge in [-0.15, -0.1) is 0 Å². The van der Waals surface area contributed by atoms with E-state index >= 15 is 0 Å². The molecule has 1 aliphatic rings. The third-order valence-electron chi connectivity index (χ3n) is 3.35. The molecule has 1 amide bonds. The number of rotatable bonds is 4. The summed E-state index contributed by atoms with van der Waals surface area (Å²) in [5.41, 5.74) is 0.611. The van der Waals surface area contributed by atoms with E-state index in [-0.39, 0.29) is 22.5 Å². The van der Waals surface area contributed by atoms with Crippen LogP contribution in [0.3, 0.4) is 0 Å². The molecule has 8 heteroatoms. The number of carbonyl (C=O) groups is 1. The number of benzene rings is 1. The SMILES string of the molecule is Cc1c(C(=O)NCC2CCCO2)cc(Br)cc1S(=O)(=O)Cl. The number of hydrogen-bond acceptors (Lipinski definition) is 4. The molecule has 1 aliphatic heterocycles. The van der Waals surface area contributed by atoms with Crippen LogP contribution >= 0.6 is 26.6 Å². The van der Waals surface area contributed by atoms with Gasteiger partial charge in [0.15, 0.2) is 0 Å². The van der Waals surface area contributed by atoms with Crippen molar-refractivity contribution in [3.63, 3.8) is 0 Å². The van der Waals surface area contributed by atoms with E-state index in [0.717, 1.165) is 12.8 Å². The van der Waals surface area contributed by atoms with E-state index in [0.29, 0.717) is 23.2 Å². The lowest BCUT2D eigenvalue weighted by atomic mass is 10.1. The van der Waals surface area contributed by atoms with E-state index < -0.39 is 9.05 Å². The fraction of sp³-hybridized carbons (Fsp3) is 0.462. The summed E-state index contributed by atoms with van der Waals surface area (Å²) in [7, 11) is 1.49. The number of nitrogens with one attached hydrogen (secondary N) is 1. The third kappa shape index (κ3) is 4.18. The summed E-state index contributed by atoms with van der Waals surface area (Å²) in [4.78, 5) is 12.2. The highest BCUT2D eigenvalue weighted by Gasteiger charge is 2.22. The Hall–Kier alpha value is -0.630. The molecule has 0 bridgehead atoms. The molecule has 116 valence electrons. The minimum absolute atomic E-state index is 0.0256. The van der Waals surface area contributed by atoms with Gasteiger partial charge in [-0.25, -0.2) is 8.42 Å². The highest BCUT2D eigenvalue weighted by Crippen LogP contribution is 2.27. The van der Waals surface area contributed by atoms with Crippen LogP contribution in [0.4, 0.5) is 0 Å². The molecular weight excluding hydrogens is 382 g/mol. The molecule has 1 saturated heterocycles. The van der Waals surface area contributed by atoms with Crippen LogP contribution in [0.5, 0.6) is 0 Å². The first kappa shape index (κ1) is 16.7. The summed E-state index contributed by atoms with van der Waals surface area (Å²) >= 11 is 3.20. The Bertz CT molecular complexity index is 656. The quantitative estimate of drug-likeness (QED) is 0.794. The molecule has 0 aromatic heterocycles. The Morgan fingerprint density at radius 2 is 2.24 bits per heavy atom. The maximum atomic E-state index is 12.2. The van der Waals surface area contributed by atoms with E-state index in [2.05, 4.69) is 21.2 Å². The van der Waals surface area contributed by atoms with Crippen LogP contribution in [-0.4, -0.2) is 33.6 Å². The molecule has 5 nitrogen and oxygen atoms in total. The molecule has 1 atom stereocenters. The Labute approximate surface area is 136 Å². The van der Waals surface area contributed by atoms with Crippen molar-refractivity contribution in [2.75, 3.05) is 13.2 Å². The monoisotopic (exact) mass is 395 g/mol. The summed E-state index contributed by atoms with van der Waals surface area (Å²) in [6.07, 6.45) is 1.93. The first-order valence-corrected chi connectivity index (χ1v) is 9.54. The Morgan fingerprint density at radius 1 is 1.52 bits per heavy atom. The average Bonchev–Trinajstić information content (AvgIpc) is 2.90. The number of amides is 1. The van der Waals surface area contributed by atoms with Crippen LogP contribution in [0, 0.1) is 6.92 Å². The van der Waals surface area contributed by atoms with Crippen LogP contribution in [0.25, 0.3) is 0 Å². The average molecular weight is 397 g/mol. The molecule has 2 rings (SSSR count). The van der Waals surface area contributed by atoms with Gasteiger partial charge in [0.2, 0.25) is 0 Å². The van der Waals surface area contributed by atoms with Crippen molar-refractivity contribution in [3.05, 3.63) is 27.7 Å². The summed E-state index contributed by atoms with van der Waals surface area (Å²) in [5, 5.41) is 2.76. The molecule has 21 heavy (non-hydrogen) atoms. The maximum absolute atomic E-state index is 12.2. The van der Waals surface area contributed by atoms with Gasteiger partial charge in [0.1, 0.15) is 0 Å². The topological polar surface area (TPSA) is 72.5 Å². The molecule has 0 aliphatic carbocycles. The van der Waals surface area contributed by atoms with Crippen molar-refractivity contribution in [2.45, 2.75) is 30.8 Å². The fourth-order valence-electron chi connectivity index (χ4n) is 2.25. The minimum Gasteiger partial charge on any atom is -0.376 e. The highest BCUT2D eigenvalue weighted by molar-refractivity contribution is 9.10. The third-order valence-corrected chi connectivity index (χ3v) is 5.25. The van der Waals surface area contributed by atoms with Crippen molar-refractivity contribution in [1.82, 2.24) is 5.32 Å². The number of hydrogen-bond donors (Lipinski definition) is 1. The van der Waals surface area contributed by atoms with Gasteiger partial charge in [0.05, 0.1) is 11.0 Å². The summed E-state index contributed by atoms with van der Waals surface area (Å²) < 4.78 is 29.0. The van der Waals surface area contributed by atoms with E-state index in [4.69, 9.17) is 15.4 Å². The van der Waals surface area contributed by atoms with Gasteiger partial charge in [-0.1, -0.05) is 15.9 Å². The first-order chi connectivity index (χ1) is 9.79. The molecule has 1 N–H and O–H groups in total. The van der Waals surface area contributed by atoms with E-state index in [9.17, 15) is 13.2 Å². The number of halogens is 2. The smallest absolute Gasteiger partial charge is 0.261 e. The molecule has 1 heterocycles. The van der Waals surface area contributed by atoms with Crippen molar-refractivity contribution in [1.29, 1.82) is 0 Å². The number of carbonyl (C=O) groups excluding carboxylic acids is 1. The Kier molecular flexibility index (Phi) is 5.29. The lowest BCUT2D eigenvalue weighted by Crippen LogP contribution is -2.32. The number of ether oxygens (including phenoxy) is 1. The second-order valence-corrected chi connectivity index (χ2v) is 8.31. The second kappa shape index (κ2) is 6.64. The summed E-state index contributed by atoms with van der Waals surface area (Å²) in [6.45, 7) is 2.68. The normalized spacial score (nSPS) is 18.7. The largest absolute Gasteiger partial charge is 0.376 e. The molecule has 0 radical (unpaired) electrons. The lowest BCUT2D eigenvalue weighted by Gasteiger charge is -2.13. The molecule has 0 spiro atoms. The fourth-order valence-corrected chi connectivity index (χ4v) is 4.08. The second-order valence-electron chi connectivity index (χ2n) is 4.86. The van der Waals surface area contributed by atoms with Gasteiger partial charge in [-0.3, -0.25) is 4.79 Å². The zero-order valence-corrected chi connectivity index (χ0v) is 14.5. The molecule has 0 saturated carbocycles. The molecule has 1 aromatic rings. The molecule has 1 unspecified atom stereocenters. The van der Waals surface area contributed by atoms with Crippen LogP contribution in [0.2, 0.25) is 0 Å². The first-order valence-electron chi connectivity index (χ1n) is 6.43. The zero-order chi connectivity index (χ0) is 15.6. The Morgan fingerprint density at radius 3 is 2.81 bits per heavy atom. The van der Waals surface area contributed by atoms with Gasteiger partial charge in [0.25, 0.3) is 15.0 Å². The van der Waals surface area contributed by atoms with Gasteiger partial charge in [0, 0.05) is 33.9 Å². The molecular formula is C13H15BrClNO4S. The van der Waals surface area contributed by atoms with Crippen molar-refractivity contribution >= 4 is 41.6 Å². The zero-order valence-electron chi connectivity index (χ0n) is 11.4. The van der Waals surface area contributed by atoms with E-state index in [1.165, 1.54) is 6.07 Å². The van der Waals surface area contributed by atoms with Gasteiger partial charge in [-0.05, 0) is 37.5 Å². The molecule has 1 fully saturated rings. The standard InChI is InChI=1S/C13H15BrClNO4S/c1-8-11(5-9(14)6-12(8)21(15,18)19)13(17)16-7-10-3-2-4-20-10/h5-6,10H,2-4,7H2,1H3,(H,16,17). The summed E-state index contributed by atoms with van der Waals surface area (Å²) in [5.74, 6) is -0.342. The van der Waals surface area contributed by atoms with Crippen LogP contribution in [0.15, 0.2) is 21.5 Å². The maximum Gasteiger partial charge on any atom is 0.261 e. The van der Waals surface area contributed by atoms with Crippen molar-refractivity contribution < 1.29 is 17.9 Å². The van der Waals surface area contributed by atoms with Crippen LogP contribution < -0.4 is 5.32 Å². The van der Waals surface area contributed by atoms with Crippen molar-refractivity contribution in [3.8, 4) is 0 Å². The summed E-state index contributed by atoms with van der Waals surface area (Å²) in [6, 6.07) is 2.96. The predicted octanol–water partition coefficient (Wildman–Crippen LogP) is 2.59. The molecule has 1 aromatic carbocycles. The van der Waals surface area contributed by atoms with Crippen molar-refractivity contribution in [2.24, 2.45) is 0 Å². The van der Waals surface area contributed by atoms with E-state index in [1.807, 2.05) is 0 Å². The van der Waals surface area contributed by atoms with Crippen LogP contribution in [-0.2, 0) is 13.8 Å².